The molecule has 55 heavy (non-hydrogen) atoms. The SMILES string of the molecule is COC1[C@@H](O[C@@H]2O[C@H](C)[C@@H](O[C@H]3C[C@@](C)(O)[C@@H](OC(C)=O)[C@H](C)O3)[C@H](N(C)C)[C@H]2O)C(CC=O)C[C@@H](C)[C@@H](O)/C=C/C=C/C[C@@H](C)OC(=O)C[C@H]1OC(C)=O. The number of hydrogen-bond donors (Lipinski definition) is 3. The molecule has 16 atom stereocenters. The van der Waals surface area contributed by atoms with Crippen LogP contribution < -0.4 is 0 Å². The highest BCUT2D eigenvalue weighted by Gasteiger charge is 2.52. The van der Waals surface area contributed by atoms with Crippen LogP contribution in [0.5, 0.6) is 0 Å². The first kappa shape index (κ1) is 46.6. The Morgan fingerprint density at radius 1 is 0.982 bits per heavy atom. The van der Waals surface area contributed by atoms with Crippen molar-refractivity contribution < 1.29 is 72.4 Å². The van der Waals surface area contributed by atoms with Crippen LogP contribution in [0.3, 0.4) is 0 Å². The van der Waals surface area contributed by atoms with Crippen LogP contribution in [0.25, 0.3) is 0 Å². The summed E-state index contributed by atoms with van der Waals surface area (Å²) < 4.78 is 48.0. The summed E-state index contributed by atoms with van der Waals surface area (Å²) in [6, 6.07) is -0.778. The summed E-state index contributed by atoms with van der Waals surface area (Å²) in [4.78, 5) is 51.3. The number of hydrogen-bond acceptors (Lipinski definition) is 16. The number of ether oxygens (including phenoxy) is 8. The van der Waals surface area contributed by atoms with E-state index in [1.54, 1.807) is 64.1 Å². The molecule has 0 amide bonds. The van der Waals surface area contributed by atoms with Gasteiger partial charge in [0.25, 0.3) is 0 Å². The van der Waals surface area contributed by atoms with Gasteiger partial charge in [-0.1, -0.05) is 31.2 Å². The highest BCUT2D eigenvalue weighted by Crippen LogP contribution is 2.37. The summed E-state index contributed by atoms with van der Waals surface area (Å²) in [5.74, 6) is -3.01. The number of esters is 3. The van der Waals surface area contributed by atoms with Gasteiger partial charge in [-0.25, -0.2) is 0 Å². The second-order valence-electron chi connectivity index (χ2n) is 15.5. The molecule has 3 heterocycles. The van der Waals surface area contributed by atoms with E-state index in [0.717, 1.165) is 0 Å². The Morgan fingerprint density at radius 2 is 1.65 bits per heavy atom. The van der Waals surface area contributed by atoms with Crippen molar-refractivity contribution in [2.75, 3.05) is 21.2 Å². The lowest BCUT2D eigenvalue weighted by Crippen LogP contribution is -2.66. The minimum absolute atomic E-state index is 0.0477. The molecule has 0 aromatic heterocycles. The van der Waals surface area contributed by atoms with Gasteiger partial charge in [-0.2, -0.15) is 0 Å². The third-order valence-electron chi connectivity index (χ3n) is 10.4. The number of cyclic esters (lactones) is 1. The van der Waals surface area contributed by atoms with E-state index in [1.165, 1.54) is 27.9 Å². The molecule has 2 unspecified atom stereocenters. The summed E-state index contributed by atoms with van der Waals surface area (Å²) >= 11 is 0. The molecular weight excluding hydrogens is 722 g/mol. The molecular formula is C39H63NO15. The molecule has 16 nitrogen and oxygen atoms in total. The lowest BCUT2D eigenvalue weighted by Gasteiger charge is -2.50. The molecule has 0 saturated carbocycles. The van der Waals surface area contributed by atoms with E-state index in [4.69, 9.17) is 37.9 Å². The molecule has 3 aliphatic rings. The van der Waals surface area contributed by atoms with Gasteiger partial charge in [0.2, 0.25) is 0 Å². The van der Waals surface area contributed by atoms with Crippen molar-refractivity contribution in [3.8, 4) is 0 Å². The zero-order valence-corrected chi connectivity index (χ0v) is 33.8. The number of carbonyl (C=O) groups is 4. The van der Waals surface area contributed by atoms with Crippen molar-refractivity contribution in [1.82, 2.24) is 4.90 Å². The molecule has 2 saturated heterocycles. The van der Waals surface area contributed by atoms with Crippen molar-refractivity contribution >= 4 is 24.2 Å². The number of allylic oxidation sites excluding steroid dienone is 2. The number of aldehydes is 1. The van der Waals surface area contributed by atoms with Crippen LogP contribution in [-0.4, -0.2) is 151 Å². The predicted molar refractivity (Wildman–Crippen MR) is 196 cm³/mol. The molecule has 16 heteroatoms. The molecule has 0 aromatic rings. The number of rotatable bonds is 10. The topological polar surface area (TPSA) is 206 Å². The quantitative estimate of drug-likeness (QED) is 0.165. The number of aliphatic hydroxyl groups is 3. The third kappa shape index (κ3) is 13.1. The van der Waals surface area contributed by atoms with E-state index in [-0.39, 0.29) is 19.3 Å². The summed E-state index contributed by atoms with van der Waals surface area (Å²) in [7, 11) is 4.84. The van der Waals surface area contributed by atoms with Gasteiger partial charge in [-0.05, 0) is 60.0 Å². The van der Waals surface area contributed by atoms with E-state index in [1.807, 2.05) is 6.92 Å². The van der Waals surface area contributed by atoms with Gasteiger partial charge in [-0.3, -0.25) is 14.4 Å². The Balaban J connectivity index is 2.01. The van der Waals surface area contributed by atoms with E-state index in [9.17, 15) is 34.5 Å². The lowest BCUT2D eigenvalue weighted by molar-refractivity contribution is -0.344. The maximum Gasteiger partial charge on any atom is 0.309 e. The van der Waals surface area contributed by atoms with E-state index in [0.29, 0.717) is 12.7 Å². The zero-order valence-electron chi connectivity index (χ0n) is 33.8. The zero-order chi connectivity index (χ0) is 41.2. The number of carbonyl (C=O) groups excluding carboxylic acids is 4. The highest BCUT2D eigenvalue weighted by atomic mass is 16.7. The standard InChI is InChI=1S/C39H63NO15/c1-21-18-27(16-17-41)35(36(48-10)29(52-25(5)42)19-30(45)49-22(2)14-12-11-13-15-28(21)44)55-38-33(46)32(40(8)9)34(23(3)51-38)54-31-20-39(7,47)37(24(4)50-31)53-26(6)43/h11-13,15,17,21-24,27-29,31-38,44,46-47H,14,16,18-20H2,1-10H3/b12-11+,15-13+/t21-,22-,23-,24+,27?,28+,29-,31+,32-,33-,34-,35+,36?,37+,38+,39-/m1/s1. The van der Waals surface area contributed by atoms with Gasteiger partial charge in [-0.15, -0.1) is 0 Å². The van der Waals surface area contributed by atoms with Crippen molar-refractivity contribution in [1.29, 1.82) is 0 Å². The maximum absolute atomic E-state index is 13.2. The first-order valence-corrected chi connectivity index (χ1v) is 19.0. The van der Waals surface area contributed by atoms with Crippen LogP contribution in [-0.2, 0) is 57.1 Å². The molecule has 3 aliphatic heterocycles. The minimum atomic E-state index is -1.49. The van der Waals surface area contributed by atoms with Crippen LogP contribution in [0.1, 0.15) is 80.6 Å². The Kier molecular flexibility index (Phi) is 17.9. The van der Waals surface area contributed by atoms with Gasteiger partial charge in [0.15, 0.2) is 18.7 Å². The highest BCUT2D eigenvalue weighted by molar-refractivity contribution is 5.72. The van der Waals surface area contributed by atoms with Crippen molar-refractivity contribution in [2.24, 2.45) is 11.8 Å². The second-order valence-corrected chi connectivity index (χ2v) is 15.5. The monoisotopic (exact) mass is 785 g/mol. The Hall–Kier alpha value is -2.80. The molecule has 3 rings (SSSR count). The molecule has 0 spiro atoms. The second kappa shape index (κ2) is 21.1. The summed E-state index contributed by atoms with van der Waals surface area (Å²) in [6.07, 6.45) is -4.26. The van der Waals surface area contributed by atoms with Gasteiger partial charge in [0.1, 0.15) is 42.4 Å². The third-order valence-corrected chi connectivity index (χ3v) is 10.4. The van der Waals surface area contributed by atoms with Crippen molar-refractivity contribution in [3.05, 3.63) is 24.3 Å². The number of aliphatic hydroxyl groups excluding tert-OH is 2. The summed E-state index contributed by atoms with van der Waals surface area (Å²) in [5.41, 5.74) is -1.49. The molecule has 0 radical (unpaired) electrons. The van der Waals surface area contributed by atoms with Gasteiger partial charge < -0.3 is 62.9 Å². The van der Waals surface area contributed by atoms with E-state index in [2.05, 4.69) is 0 Å². The average molecular weight is 786 g/mol. The molecule has 2 fully saturated rings. The van der Waals surface area contributed by atoms with Crippen molar-refractivity contribution in [3.63, 3.8) is 0 Å². The summed E-state index contributed by atoms with van der Waals surface area (Å²) in [5, 5.41) is 34.3. The number of methoxy groups -OCH3 is 1. The van der Waals surface area contributed by atoms with Crippen LogP contribution in [0.2, 0.25) is 0 Å². The maximum atomic E-state index is 13.2. The summed E-state index contributed by atoms with van der Waals surface area (Å²) in [6.45, 7) is 10.9. The number of nitrogens with zero attached hydrogens (tertiary/aromatic N) is 1. The van der Waals surface area contributed by atoms with Crippen LogP contribution >= 0.6 is 0 Å². The smallest absolute Gasteiger partial charge is 0.309 e. The molecule has 0 bridgehead atoms. The lowest BCUT2D eigenvalue weighted by atomic mass is 9.82. The fourth-order valence-electron chi connectivity index (χ4n) is 7.73. The molecule has 0 aliphatic carbocycles. The molecule has 0 aromatic carbocycles. The Bertz CT molecular complexity index is 1320. The first-order valence-electron chi connectivity index (χ1n) is 19.0. The van der Waals surface area contributed by atoms with Crippen molar-refractivity contribution in [2.45, 2.75) is 166 Å². The minimum Gasteiger partial charge on any atom is -0.462 e. The fraction of sp³-hybridized carbons (Fsp3) is 0.795. The van der Waals surface area contributed by atoms with Crippen LogP contribution in [0.4, 0.5) is 0 Å². The first-order chi connectivity index (χ1) is 25.8. The Labute approximate surface area is 324 Å². The van der Waals surface area contributed by atoms with Crippen LogP contribution in [0, 0.1) is 11.8 Å². The van der Waals surface area contributed by atoms with Gasteiger partial charge >= 0.3 is 17.9 Å². The normalized spacial score (nSPS) is 42.1. The predicted octanol–water partition coefficient (Wildman–Crippen LogP) is 1.99. The number of likely N-dealkylation sites (N-methyl/N-ethyl adjacent to an activating group) is 1. The molecule has 314 valence electrons. The fourth-order valence-corrected chi connectivity index (χ4v) is 7.73. The van der Waals surface area contributed by atoms with E-state index < -0.39 is 121 Å². The van der Waals surface area contributed by atoms with Crippen LogP contribution in [0.15, 0.2) is 24.3 Å². The van der Waals surface area contributed by atoms with Gasteiger partial charge in [0, 0.05) is 40.2 Å². The van der Waals surface area contributed by atoms with Gasteiger partial charge in [0.05, 0.1) is 36.9 Å². The largest absolute Gasteiger partial charge is 0.462 e. The average Bonchev–Trinajstić information content (AvgIpc) is 3.06. The Morgan fingerprint density at radius 3 is 2.24 bits per heavy atom. The van der Waals surface area contributed by atoms with E-state index >= 15 is 0 Å². The molecule has 3 N–H and O–H groups in total.